The van der Waals surface area contributed by atoms with Crippen molar-refractivity contribution in [1.29, 1.82) is 0 Å². The van der Waals surface area contributed by atoms with Crippen molar-refractivity contribution in [1.82, 2.24) is 14.7 Å². The van der Waals surface area contributed by atoms with E-state index in [2.05, 4.69) is 4.90 Å². The van der Waals surface area contributed by atoms with E-state index >= 15 is 0 Å². The topological polar surface area (TPSA) is 96.2 Å². The first-order valence-corrected chi connectivity index (χ1v) is 9.21. The van der Waals surface area contributed by atoms with Gasteiger partial charge in [-0.15, -0.1) is 0 Å². The maximum atomic E-state index is 13.1. The lowest BCUT2D eigenvalue weighted by Gasteiger charge is -2.34. The number of non-ortho nitro benzene ring substituents is 1. The number of nitro groups is 1. The SMILES string of the molecule is COCCCN1C(=O)C(c2ccc([N+](=O)[O-])cc2)=C(N2CCN(C)CC2)C1=O. The number of likely N-dealkylation sites (N-methyl/N-ethyl adjacent to an activating group) is 1. The van der Waals surface area contributed by atoms with Crippen molar-refractivity contribution in [3.8, 4) is 0 Å². The van der Waals surface area contributed by atoms with Crippen LogP contribution in [0.1, 0.15) is 12.0 Å². The van der Waals surface area contributed by atoms with Crippen LogP contribution in [0.25, 0.3) is 5.57 Å². The molecule has 2 amide bonds. The summed E-state index contributed by atoms with van der Waals surface area (Å²) >= 11 is 0. The second kappa shape index (κ2) is 8.49. The predicted molar refractivity (Wildman–Crippen MR) is 102 cm³/mol. The third-order valence-electron chi connectivity index (χ3n) is 5.06. The van der Waals surface area contributed by atoms with Crippen molar-refractivity contribution < 1.29 is 19.2 Å². The minimum atomic E-state index is -0.488. The molecule has 1 aromatic carbocycles. The molecule has 0 unspecified atom stereocenters. The van der Waals surface area contributed by atoms with Crippen molar-refractivity contribution in [3.63, 3.8) is 0 Å². The van der Waals surface area contributed by atoms with E-state index in [0.29, 0.717) is 43.0 Å². The largest absolute Gasteiger partial charge is 0.385 e. The Morgan fingerprint density at radius 1 is 1.07 bits per heavy atom. The van der Waals surface area contributed by atoms with E-state index in [-0.39, 0.29) is 24.0 Å². The van der Waals surface area contributed by atoms with E-state index in [1.807, 2.05) is 11.9 Å². The number of nitro benzene ring substituents is 1. The normalized spacial score (nSPS) is 18.4. The molecular formula is C19H24N4O5. The summed E-state index contributed by atoms with van der Waals surface area (Å²) in [4.78, 5) is 42.0. The molecule has 2 aliphatic heterocycles. The Labute approximate surface area is 163 Å². The summed E-state index contributed by atoms with van der Waals surface area (Å²) in [5.41, 5.74) is 1.18. The zero-order valence-corrected chi connectivity index (χ0v) is 16.1. The Bertz CT molecular complexity index is 797. The quantitative estimate of drug-likeness (QED) is 0.297. The first-order chi connectivity index (χ1) is 13.4. The van der Waals surface area contributed by atoms with Gasteiger partial charge >= 0.3 is 0 Å². The number of benzene rings is 1. The molecule has 0 radical (unpaired) electrons. The Hall–Kier alpha value is -2.78. The Balaban J connectivity index is 1.96. The minimum Gasteiger partial charge on any atom is -0.385 e. The first-order valence-electron chi connectivity index (χ1n) is 9.21. The fourth-order valence-electron chi connectivity index (χ4n) is 3.47. The number of imide groups is 1. The summed E-state index contributed by atoms with van der Waals surface area (Å²) in [5, 5.41) is 10.9. The highest BCUT2D eigenvalue weighted by Gasteiger charge is 2.41. The fraction of sp³-hybridized carbons (Fsp3) is 0.474. The van der Waals surface area contributed by atoms with Gasteiger partial charge in [0.15, 0.2) is 0 Å². The van der Waals surface area contributed by atoms with Gasteiger partial charge < -0.3 is 14.5 Å². The number of amides is 2. The van der Waals surface area contributed by atoms with Crippen LogP contribution in [0.2, 0.25) is 0 Å². The Morgan fingerprint density at radius 3 is 2.29 bits per heavy atom. The van der Waals surface area contributed by atoms with E-state index in [0.717, 1.165) is 13.1 Å². The smallest absolute Gasteiger partial charge is 0.277 e. The monoisotopic (exact) mass is 388 g/mol. The van der Waals surface area contributed by atoms with Gasteiger partial charge in [0.2, 0.25) is 0 Å². The summed E-state index contributed by atoms with van der Waals surface area (Å²) in [5.74, 6) is -0.664. The summed E-state index contributed by atoms with van der Waals surface area (Å²) in [7, 11) is 3.59. The molecule has 0 aliphatic carbocycles. The van der Waals surface area contributed by atoms with E-state index in [1.54, 1.807) is 7.11 Å². The van der Waals surface area contributed by atoms with Crippen molar-refractivity contribution >= 4 is 23.1 Å². The van der Waals surface area contributed by atoms with Gasteiger partial charge in [-0.05, 0) is 31.2 Å². The third kappa shape index (κ3) is 3.90. The van der Waals surface area contributed by atoms with Crippen LogP contribution in [0.4, 0.5) is 5.69 Å². The standard InChI is InChI=1S/C19H24N4O5/c1-20-9-11-21(12-10-20)17-16(14-4-6-15(7-5-14)23(26)27)18(24)22(19(17)25)8-3-13-28-2/h4-7H,3,8-13H2,1-2H3. The van der Waals surface area contributed by atoms with Crippen LogP contribution >= 0.6 is 0 Å². The molecule has 0 atom stereocenters. The number of ether oxygens (including phenoxy) is 1. The molecule has 0 spiro atoms. The van der Waals surface area contributed by atoms with E-state index in [1.165, 1.54) is 29.2 Å². The highest BCUT2D eigenvalue weighted by Crippen LogP contribution is 2.33. The number of carbonyl (C=O) groups excluding carboxylic acids is 2. The molecule has 3 rings (SSSR count). The second-order valence-electron chi connectivity index (χ2n) is 6.93. The number of methoxy groups -OCH3 is 1. The van der Waals surface area contributed by atoms with Crippen LogP contribution < -0.4 is 0 Å². The van der Waals surface area contributed by atoms with Crippen molar-refractivity contribution in [2.75, 3.05) is 53.5 Å². The molecule has 0 aromatic heterocycles. The van der Waals surface area contributed by atoms with Gasteiger partial charge in [0.25, 0.3) is 17.5 Å². The highest BCUT2D eigenvalue weighted by molar-refractivity contribution is 6.35. The molecule has 2 heterocycles. The maximum absolute atomic E-state index is 13.1. The number of nitrogens with zero attached hydrogens (tertiary/aromatic N) is 4. The van der Waals surface area contributed by atoms with E-state index < -0.39 is 4.92 Å². The van der Waals surface area contributed by atoms with Crippen LogP contribution in [0, 0.1) is 10.1 Å². The predicted octanol–water partition coefficient (Wildman–Crippen LogP) is 0.959. The molecule has 28 heavy (non-hydrogen) atoms. The van der Waals surface area contributed by atoms with E-state index in [4.69, 9.17) is 4.74 Å². The average molecular weight is 388 g/mol. The fourth-order valence-corrected chi connectivity index (χ4v) is 3.47. The van der Waals surface area contributed by atoms with Gasteiger partial charge in [-0.2, -0.15) is 0 Å². The molecule has 0 saturated carbocycles. The van der Waals surface area contributed by atoms with Gasteiger partial charge in [-0.3, -0.25) is 24.6 Å². The molecule has 9 nitrogen and oxygen atoms in total. The maximum Gasteiger partial charge on any atom is 0.277 e. The molecule has 150 valence electrons. The zero-order chi connectivity index (χ0) is 20.3. The van der Waals surface area contributed by atoms with Crippen LogP contribution in [-0.4, -0.2) is 84.9 Å². The summed E-state index contributed by atoms with van der Waals surface area (Å²) in [6.45, 7) is 3.61. The number of carbonyl (C=O) groups is 2. The van der Waals surface area contributed by atoms with Crippen LogP contribution in [-0.2, 0) is 14.3 Å². The van der Waals surface area contributed by atoms with Crippen molar-refractivity contribution in [2.45, 2.75) is 6.42 Å². The van der Waals surface area contributed by atoms with Crippen LogP contribution in [0.15, 0.2) is 30.0 Å². The number of rotatable bonds is 7. The molecule has 1 fully saturated rings. The van der Waals surface area contributed by atoms with Gasteiger partial charge in [0.05, 0.1) is 10.5 Å². The van der Waals surface area contributed by atoms with E-state index in [9.17, 15) is 19.7 Å². The summed E-state index contributed by atoms with van der Waals surface area (Å²) in [6.07, 6.45) is 0.553. The number of hydrogen-bond donors (Lipinski definition) is 0. The lowest BCUT2D eigenvalue weighted by atomic mass is 10.0. The Kier molecular flexibility index (Phi) is 6.05. The zero-order valence-electron chi connectivity index (χ0n) is 16.1. The summed E-state index contributed by atoms with van der Waals surface area (Å²) in [6, 6.07) is 5.78. The molecule has 9 heteroatoms. The molecule has 1 saturated heterocycles. The Morgan fingerprint density at radius 2 is 1.71 bits per heavy atom. The lowest BCUT2D eigenvalue weighted by molar-refractivity contribution is -0.384. The van der Waals surface area contributed by atoms with Gasteiger partial charge in [-0.1, -0.05) is 0 Å². The summed E-state index contributed by atoms with van der Waals surface area (Å²) < 4.78 is 5.03. The molecule has 1 aromatic rings. The van der Waals surface area contributed by atoms with Crippen LogP contribution in [0.3, 0.4) is 0 Å². The van der Waals surface area contributed by atoms with Gasteiger partial charge in [0, 0.05) is 58.6 Å². The van der Waals surface area contributed by atoms with Crippen molar-refractivity contribution in [2.24, 2.45) is 0 Å². The molecular weight excluding hydrogens is 364 g/mol. The van der Waals surface area contributed by atoms with Crippen LogP contribution in [0.5, 0.6) is 0 Å². The third-order valence-corrected chi connectivity index (χ3v) is 5.06. The molecule has 0 bridgehead atoms. The molecule has 2 aliphatic rings. The highest BCUT2D eigenvalue weighted by atomic mass is 16.6. The van der Waals surface area contributed by atoms with Gasteiger partial charge in [-0.25, -0.2) is 0 Å². The minimum absolute atomic E-state index is 0.0563. The van der Waals surface area contributed by atoms with Crippen molar-refractivity contribution in [3.05, 3.63) is 45.6 Å². The number of hydrogen-bond acceptors (Lipinski definition) is 7. The lowest BCUT2D eigenvalue weighted by Crippen LogP contribution is -2.46. The first kappa shape index (κ1) is 20.0. The average Bonchev–Trinajstić information content (AvgIpc) is 2.93. The number of piperazine rings is 1. The second-order valence-corrected chi connectivity index (χ2v) is 6.93. The molecule has 0 N–H and O–H groups in total. The van der Waals surface area contributed by atoms with Gasteiger partial charge in [0.1, 0.15) is 5.70 Å².